The third-order valence-electron chi connectivity index (χ3n) is 3.83. The van der Waals surface area contributed by atoms with Gasteiger partial charge in [0.2, 0.25) is 0 Å². The quantitative estimate of drug-likeness (QED) is 0.894. The smallest absolute Gasteiger partial charge is 0.137 e. The van der Waals surface area contributed by atoms with Crippen LogP contribution in [0, 0.1) is 5.92 Å². The van der Waals surface area contributed by atoms with Gasteiger partial charge < -0.3 is 5.32 Å². The van der Waals surface area contributed by atoms with Crippen LogP contribution in [0.1, 0.15) is 31.2 Å². The van der Waals surface area contributed by atoms with Crippen LogP contribution in [0.5, 0.6) is 0 Å². The SMILES string of the molecule is c1ncn(Cc2ccc(NCC3CCCC3)cc2)n1. The predicted molar refractivity (Wildman–Crippen MR) is 76.0 cm³/mol. The molecule has 1 heterocycles. The number of anilines is 1. The van der Waals surface area contributed by atoms with E-state index in [4.69, 9.17) is 0 Å². The van der Waals surface area contributed by atoms with Crippen molar-refractivity contribution in [1.29, 1.82) is 0 Å². The van der Waals surface area contributed by atoms with Gasteiger partial charge in [0.25, 0.3) is 0 Å². The molecule has 0 atom stereocenters. The summed E-state index contributed by atoms with van der Waals surface area (Å²) in [6.07, 6.45) is 8.89. The molecule has 1 aromatic heterocycles. The molecule has 1 N–H and O–H groups in total. The Morgan fingerprint density at radius 2 is 1.95 bits per heavy atom. The second-order valence-corrected chi connectivity index (χ2v) is 5.32. The molecule has 0 radical (unpaired) electrons. The van der Waals surface area contributed by atoms with Crippen LogP contribution in [0.25, 0.3) is 0 Å². The van der Waals surface area contributed by atoms with Gasteiger partial charge in [-0.2, -0.15) is 5.10 Å². The average Bonchev–Trinajstić information content (AvgIpc) is 3.11. The number of nitrogens with one attached hydrogen (secondary N) is 1. The molecule has 4 heteroatoms. The zero-order chi connectivity index (χ0) is 12.9. The second kappa shape index (κ2) is 5.87. The Balaban J connectivity index is 1.53. The van der Waals surface area contributed by atoms with Gasteiger partial charge in [0.05, 0.1) is 6.54 Å². The fourth-order valence-corrected chi connectivity index (χ4v) is 2.71. The van der Waals surface area contributed by atoms with Gasteiger partial charge >= 0.3 is 0 Å². The van der Waals surface area contributed by atoms with Gasteiger partial charge in [-0.1, -0.05) is 25.0 Å². The van der Waals surface area contributed by atoms with Crippen LogP contribution >= 0.6 is 0 Å². The minimum Gasteiger partial charge on any atom is -0.385 e. The molecule has 0 aliphatic heterocycles. The van der Waals surface area contributed by atoms with Gasteiger partial charge in [-0.05, 0) is 36.5 Å². The molecule has 19 heavy (non-hydrogen) atoms. The Morgan fingerprint density at radius 3 is 2.63 bits per heavy atom. The summed E-state index contributed by atoms with van der Waals surface area (Å²) >= 11 is 0. The number of hydrogen-bond donors (Lipinski definition) is 1. The molecule has 1 aliphatic rings. The molecule has 100 valence electrons. The monoisotopic (exact) mass is 256 g/mol. The van der Waals surface area contributed by atoms with Crippen LogP contribution < -0.4 is 5.32 Å². The summed E-state index contributed by atoms with van der Waals surface area (Å²) in [5.41, 5.74) is 2.46. The van der Waals surface area contributed by atoms with E-state index in [0.29, 0.717) is 0 Å². The van der Waals surface area contributed by atoms with E-state index >= 15 is 0 Å². The van der Waals surface area contributed by atoms with Gasteiger partial charge in [-0.25, -0.2) is 9.67 Å². The highest BCUT2D eigenvalue weighted by molar-refractivity contribution is 5.44. The highest BCUT2D eigenvalue weighted by Crippen LogP contribution is 2.25. The van der Waals surface area contributed by atoms with E-state index in [-0.39, 0.29) is 0 Å². The summed E-state index contributed by atoms with van der Waals surface area (Å²) in [4.78, 5) is 3.95. The third-order valence-corrected chi connectivity index (χ3v) is 3.83. The molecule has 1 saturated carbocycles. The van der Waals surface area contributed by atoms with Crippen LogP contribution in [-0.4, -0.2) is 21.3 Å². The first-order chi connectivity index (χ1) is 9.40. The van der Waals surface area contributed by atoms with Crippen LogP contribution in [0.15, 0.2) is 36.9 Å². The summed E-state index contributed by atoms with van der Waals surface area (Å²) < 4.78 is 1.83. The van der Waals surface area contributed by atoms with Crippen molar-refractivity contribution in [3.8, 4) is 0 Å². The maximum absolute atomic E-state index is 4.11. The topological polar surface area (TPSA) is 42.7 Å². The molecular formula is C15H20N4. The summed E-state index contributed by atoms with van der Waals surface area (Å²) in [7, 11) is 0. The lowest BCUT2D eigenvalue weighted by atomic mass is 10.1. The maximum atomic E-state index is 4.11. The summed E-state index contributed by atoms with van der Waals surface area (Å²) in [6, 6.07) is 8.61. The first-order valence-corrected chi connectivity index (χ1v) is 7.05. The molecular weight excluding hydrogens is 236 g/mol. The Morgan fingerprint density at radius 1 is 1.16 bits per heavy atom. The molecule has 1 aromatic carbocycles. The molecule has 2 aromatic rings. The summed E-state index contributed by atoms with van der Waals surface area (Å²) in [5.74, 6) is 0.870. The van der Waals surface area contributed by atoms with Gasteiger partial charge in [0.1, 0.15) is 12.7 Å². The van der Waals surface area contributed by atoms with Crippen molar-refractivity contribution in [1.82, 2.24) is 14.8 Å². The first kappa shape index (κ1) is 12.2. The van der Waals surface area contributed by atoms with Crippen molar-refractivity contribution < 1.29 is 0 Å². The lowest BCUT2D eigenvalue weighted by Gasteiger charge is -2.12. The van der Waals surface area contributed by atoms with E-state index in [0.717, 1.165) is 19.0 Å². The Kier molecular flexibility index (Phi) is 3.77. The van der Waals surface area contributed by atoms with Crippen LogP contribution in [0.3, 0.4) is 0 Å². The molecule has 0 bridgehead atoms. The number of hydrogen-bond acceptors (Lipinski definition) is 3. The first-order valence-electron chi connectivity index (χ1n) is 7.05. The Bertz CT molecular complexity index is 483. The van der Waals surface area contributed by atoms with Crippen molar-refractivity contribution in [2.75, 3.05) is 11.9 Å². The molecule has 1 aliphatic carbocycles. The van der Waals surface area contributed by atoms with Crippen molar-refractivity contribution in [3.63, 3.8) is 0 Å². The Hall–Kier alpha value is -1.84. The zero-order valence-electron chi connectivity index (χ0n) is 11.1. The van der Waals surface area contributed by atoms with E-state index in [1.54, 1.807) is 12.7 Å². The van der Waals surface area contributed by atoms with E-state index in [2.05, 4.69) is 39.7 Å². The largest absolute Gasteiger partial charge is 0.385 e. The van der Waals surface area contributed by atoms with E-state index < -0.39 is 0 Å². The highest BCUT2D eigenvalue weighted by Gasteiger charge is 2.14. The van der Waals surface area contributed by atoms with Crippen LogP contribution in [0.2, 0.25) is 0 Å². The van der Waals surface area contributed by atoms with Gasteiger partial charge in [0.15, 0.2) is 0 Å². The maximum Gasteiger partial charge on any atom is 0.137 e. The van der Waals surface area contributed by atoms with Crippen molar-refractivity contribution >= 4 is 5.69 Å². The van der Waals surface area contributed by atoms with Gasteiger partial charge in [-0.3, -0.25) is 0 Å². The van der Waals surface area contributed by atoms with Crippen molar-refractivity contribution in [2.45, 2.75) is 32.2 Å². The van der Waals surface area contributed by atoms with Crippen molar-refractivity contribution in [3.05, 3.63) is 42.5 Å². The molecule has 0 saturated heterocycles. The highest BCUT2D eigenvalue weighted by atomic mass is 15.3. The number of benzene rings is 1. The Labute approximate surface area is 113 Å². The standard InChI is InChI=1S/C15H20N4/c1-2-4-13(3-1)9-17-15-7-5-14(6-8-15)10-19-12-16-11-18-19/h5-8,11-13,17H,1-4,9-10H2. The third kappa shape index (κ3) is 3.34. The number of nitrogens with zero attached hydrogens (tertiary/aromatic N) is 3. The van der Waals surface area contributed by atoms with Crippen LogP contribution in [-0.2, 0) is 6.54 Å². The van der Waals surface area contributed by atoms with Gasteiger partial charge in [0, 0.05) is 12.2 Å². The molecule has 0 amide bonds. The molecule has 1 fully saturated rings. The normalized spacial score (nSPS) is 15.8. The molecule has 0 spiro atoms. The molecule has 4 nitrogen and oxygen atoms in total. The fraction of sp³-hybridized carbons (Fsp3) is 0.467. The van der Waals surface area contributed by atoms with E-state index in [1.807, 2.05) is 4.68 Å². The average molecular weight is 256 g/mol. The zero-order valence-corrected chi connectivity index (χ0v) is 11.1. The molecule has 0 unspecified atom stereocenters. The van der Waals surface area contributed by atoms with Crippen LogP contribution in [0.4, 0.5) is 5.69 Å². The second-order valence-electron chi connectivity index (χ2n) is 5.32. The van der Waals surface area contributed by atoms with E-state index in [1.165, 1.54) is 36.9 Å². The lowest BCUT2D eigenvalue weighted by molar-refractivity contribution is 0.580. The lowest BCUT2D eigenvalue weighted by Crippen LogP contribution is -2.10. The fourth-order valence-electron chi connectivity index (χ4n) is 2.71. The number of aromatic nitrogens is 3. The number of rotatable bonds is 5. The summed E-state index contributed by atoms with van der Waals surface area (Å²) in [5, 5.41) is 7.65. The molecule has 3 rings (SSSR count). The summed E-state index contributed by atoms with van der Waals surface area (Å²) in [6.45, 7) is 1.89. The van der Waals surface area contributed by atoms with E-state index in [9.17, 15) is 0 Å². The minimum absolute atomic E-state index is 0.781. The van der Waals surface area contributed by atoms with Gasteiger partial charge in [-0.15, -0.1) is 0 Å². The van der Waals surface area contributed by atoms with Crippen molar-refractivity contribution in [2.24, 2.45) is 5.92 Å². The predicted octanol–water partition coefficient (Wildman–Crippen LogP) is 2.93. The minimum atomic E-state index is 0.781.